The molecule has 4 heteroatoms. The molecule has 0 bridgehead atoms. The number of aryl methyl sites for hydroxylation is 2. The first-order valence-electron chi connectivity index (χ1n) is 6.34. The Morgan fingerprint density at radius 1 is 1.30 bits per heavy atom. The zero-order valence-electron chi connectivity index (χ0n) is 11.3. The highest BCUT2D eigenvalue weighted by Gasteiger charge is 2.04. The fourth-order valence-electron chi connectivity index (χ4n) is 2.09. The number of fused-ring (bicyclic) bond motifs is 1. The van der Waals surface area contributed by atoms with Crippen LogP contribution in [0.4, 0.5) is 11.4 Å². The van der Waals surface area contributed by atoms with E-state index < -0.39 is 0 Å². The van der Waals surface area contributed by atoms with E-state index in [1.54, 1.807) is 7.05 Å². The van der Waals surface area contributed by atoms with Crippen molar-refractivity contribution in [2.45, 2.75) is 6.92 Å². The molecule has 0 aliphatic rings. The summed E-state index contributed by atoms with van der Waals surface area (Å²) in [5.74, 6) is 0. The van der Waals surface area contributed by atoms with Gasteiger partial charge in [-0.2, -0.15) is 0 Å². The van der Waals surface area contributed by atoms with Crippen LogP contribution in [0.5, 0.6) is 0 Å². The second kappa shape index (κ2) is 4.81. The molecule has 1 aromatic heterocycles. The molecule has 0 atom stereocenters. The molecule has 0 spiro atoms. The molecule has 2 aromatic carbocycles. The molecule has 0 saturated carbocycles. The summed E-state index contributed by atoms with van der Waals surface area (Å²) in [7, 11) is 1.70. The monoisotopic (exact) mass is 264 g/mol. The first-order valence-corrected chi connectivity index (χ1v) is 6.34. The quantitative estimate of drug-likeness (QED) is 0.774. The molecule has 1 heterocycles. The van der Waals surface area contributed by atoms with Gasteiger partial charge >= 0.3 is 0 Å². The fourth-order valence-corrected chi connectivity index (χ4v) is 2.09. The maximum Gasteiger partial charge on any atom is 0.260 e. The molecule has 3 rings (SSSR count). The summed E-state index contributed by atoms with van der Waals surface area (Å²) in [5, 5.41) is 3.91. The lowest BCUT2D eigenvalue weighted by molar-refractivity contribution is 0.843. The smallest absolute Gasteiger partial charge is 0.260 e. The van der Waals surface area contributed by atoms with Crippen LogP contribution in [0.3, 0.4) is 0 Å². The Hall–Kier alpha value is -2.62. The molecule has 0 aliphatic carbocycles. The zero-order valence-corrected chi connectivity index (χ0v) is 11.3. The molecule has 99 valence electrons. The van der Waals surface area contributed by atoms with Crippen molar-refractivity contribution in [1.82, 2.24) is 9.55 Å². The number of hydrogen-bond acceptors (Lipinski definition) is 3. The van der Waals surface area contributed by atoms with E-state index in [2.05, 4.69) is 16.4 Å². The SMILES string of the molecule is Cc1cc[c]cc1Nc1ccc2ncn(C)c(=O)c2c1. The van der Waals surface area contributed by atoms with Gasteiger partial charge < -0.3 is 9.88 Å². The van der Waals surface area contributed by atoms with E-state index in [1.165, 1.54) is 10.9 Å². The van der Waals surface area contributed by atoms with Crippen molar-refractivity contribution < 1.29 is 0 Å². The largest absolute Gasteiger partial charge is 0.355 e. The maximum absolute atomic E-state index is 12.1. The molecule has 1 radical (unpaired) electrons. The van der Waals surface area contributed by atoms with E-state index in [0.29, 0.717) is 10.9 Å². The number of hydrogen-bond donors (Lipinski definition) is 1. The average Bonchev–Trinajstić information content (AvgIpc) is 2.46. The van der Waals surface area contributed by atoms with Gasteiger partial charge in [-0.25, -0.2) is 4.98 Å². The van der Waals surface area contributed by atoms with Crippen molar-refractivity contribution in [3.05, 3.63) is 64.7 Å². The molecule has 0 saturated heterocycles. The second-order valence-electron chi connectivity index (χ2n) is 4.76. The lowest BCUT2D eigenvalue weighted by atomic mass is 10.1. The lowest BCUT2D eigenvalue weighted by Gasteiger charge is -2.10. The molecule has 0 aliphatic heterocycles. The number of aromatic nitrogens is 2. The Morgan fingerprint density at radius 3 is 2.95 bits per heavy atom. The number of benzene rings is 2. The third-order valence-electron chi connectivity index (χ3n) is 3.28. The molecule has 20 heavy (non-hydrogen) atoms. The number of nitrogens with zero attached hydrogens (tertiary/aromatic N) is 2. The molecular formula is C16H14N3O. The van der Waals surface area contributed by atoms with Gasteiger partial charge in [0, 0.05) is 18.4 Å². The van der Waals surface area contributed by atoms with E-state index in [-0.39, 0.29) is 5.56 Å². The summed E-state index contributed by atoms with van der Waals surface area (Å²) >= 11 is 0. The highest BCUT2D eigenvalue weighted by Crippen LogP contribution is 2.21. The van der Waals surface area contributed by atoms with Gasteiger partial charge in [-0.15, -0.1) is 0 Å². The standard InChI is InChI=1S/C16H14N3O/c1-11-5-3-4-6-14(11)18-12-7-8-15-13(9-12)16(20)19(2)10-17-15/h3,5-10,18H,1-2H3. The van der Waals surface area contributed by atoms with Gasteiger partial charge in [0.05, 0.1) is 17.2 Å². The Kier molecular flexibility index (Phi) is 2.99. The van der Waals surface area contributed by atoms with E-state index in [0.717, 1.165) is 16.9 Å². The summed E-state index contributed by atoms with van der Waals surface area (Å²) in [6.45, 7) is 2.03. The highest BCUT2D eigenvalue weighted by atomic mass is 16.1. The van der Waals surface area contributed by atoms with Gasteiger partial charge in [0.25, 0.3) is 5.56 Å². The first kappa shape index (κ1) is 12.4. The summed E-state index contributed by atoms with van der Waals surface area (Å²) in [4.78, 5) is 16.3. The summed E-state index contributed by atoms with van der Waals surface area (Å²) in [6, 6.07) is 14.4. The topological polar surface area (TPSA) is 46.9 Å². The van der Waals surface area contributed by atoms with Gasteiger partial charge in [-0.05, 0) is 42.8 Å². The van der Waals surface area contributed by atoms with Crippen molar-refractivity contribution in [3.63, 3.8) is 0 Å². The van der Waals surface area contributed by atoms with Crippen LogP contribution in [0.25, 0.3) is 10.9 Å². The third kappa shape index (κ3) is 2.16. The van der Waals surface area contributed by atoms with Crippen molar-refractivity contribution in [2.75, 3.05) is 5.32 Å². The fraction of sp³-hybridized carbons (Fsp3) is 0.125. The highest BCUT2D eigenvalue weighted by molar-refractivity contribution is 5.82. The van der Waals surface area contributed by atoms with Crippen LogP contribution in [-0.4, -0.2) is 9.55 Å². The van der Waals surface area contributed by atoms with Crippen molar-refractivity contribution >= 4 is 22.3 Å². The van der Waals surface area contributed by atoms with E-state index in [9.17, 15) is 4.79 Å². The molecule has 3 aromatic rings. The van der Waals surface area contributed by atoms with Gasteiger partial charge in [0.2, 0.25) is 0 Å². The molecular weight excluding hydrogens is 250 g/mol. The van der Waals surface area contributed by atoms with Crippen LogP contribution < -0.4 is 10.9 Å². The number of anilines is 2. The van der Waals surface area contributed by atoms with Gasteiger partial charge in [0.1, 0.15) is 0 Å². The number of rotatable bonds is 2. The zero-order chi connectivity index (χ0) is 14.1. The Balaban J connectivity index is 2.07. The molecule has 0 fully saturated rings. The predicted octanol–water partition coefficient (Wildman–Crippen LogP) is 2.79. The van der Waals surface area contributed by atoms with Crippen LogP contribution in [0, 0.1) is 13.0 Å². The van der Waals surface area contributed by atoms with Crippen molar-refractivity contribution in [2.24, 2.45) is 7.05 Å². The number of nitrogens with one attached hydrogen (secondary N) is 1. The van der Waals surface area contributed by atoms with E-state index in [4.69, 9.17) is 0 Å². The molecule has 0 unspecified atom stereocenters. The summed E-state index contributed by atoms with van der Waals surface area (Å²) in [6.07, 6.45) is 1.54. The Labute approximate surface area is 116 Å². The van der Waals surface area contributed by atoms with Crippen molar-refractivity contribution in [1.29, 1.82) is 0 Å². The average molecular weight is 264 g/mol. The van der Waals surface area contributed by atoms with E-state index >= 15 is 0 Å². The van der Waals surface area contributed by atoms with Crippen LogP contribution in [0.15, 0.2) is 47.5 Å². The van der Waals surface area contributed by atoms with Gasteiger partial charge in [-0.1, -0.05) is 12.1 Å². The normalized spacial score (nSPS) is 10.7. The van der Waals surface area contributed by atoms with Gasteiger partial charge in [0.15, 0.2) is 0 Å². The van der Waals surface area contributed by atoms with Gasteiger partial charge in [-0.3, -0.25) is 4.79 Å². The van der Waals surface area contributed by atoms with E-state index in [1.807, 2.05) is 43.3 Å². The third-order valence-corrected chi connectivity index (χ3v) is 3.28. The van der Waals surface area contributed by atoms with Crippen molar-refractivity contribution in [3.8, 4) is 0 Å². The van der Waals surface area contributed by atoms with Crippen LogP contribution in [0.2, 0.25) is 0 Å². The Bertz CT molecular complexity index is 836. The Morgan fingerprint density at radius 2 is 2.15 bits per heavy atom. The minimum atomic E-state index is -0.0463. The van der Waals surface area contributed by atoms with Crippen LogP contribution >= 0.6 is 0 Å². The maximum atomic E-state index is 12.1. The summed E-state index contributed by atoms with van der Waals surface area (Å²) in [5.41, 5.74) is 3.63. The minimum Gasteiger partial charge on any atom is -0.355 e. The molecule has 4 nitrogen and oxygen atoms in total. The molecule has 1 N–H and O–H groups in total. The van der Waals surface area contributed by atoms with Crippen LogP contribution in [-0.2, 0) is 7.05 Å². The first-order chi connectivity index (χ1) is 9.65. The summed E-state index contributed by atoms with van der Waals surface area (Å²) < 4.78 is 1.48. The van der Waals surface area contributed by atoms with Crippen LogP contribution in [0.1, 0.15) is 5.56 Å². The minimum absolute atomic E-state index is 0.0463. The lowest BCUT2D eigenvalue weighted by Crippen LogP contribution is -2.16. The second-order valence-corrected chi connectivity index (χ2v) is 4.76. The predicted molar refractivity (Wildman–Crippen MR) is 80.3 cm³/mol. The molecule has 0 amide bonds.